The maximum Gasteiger partial charge on any atom is 0.111 e. The highest BCUT2D eigenvalue weighted by atomic mass is 17.1. The summed E-state index contributed by atoms with van der Waals surface area (Å²) < 4.78 is 0. The molecule has 0 aromatic rings. The van der Waals surface area contributed by atoms with Crippen LogP contribution in [0, 0.1) is 0 Å². The van der Waals surface area contributed by atoms with Gasteiger partial charge < -0.3 is 10.2 Å². The minimum absolute atomic E-state index is 0. The molecule has 120 valence electrons. The molecule has 0 amide bonds. The first-order chi connectivity index (χ1) is 8.60. The largest absolute Gasteiger partial charge is 0.396 e. The third kappa shape index (κ3) is 17.7. The van der Waals surface area contributed by atoms with E-state index in [9.17, 15) is 5.11 Å². The summed E-state index contributed by atoms with van der Waals surface area (Å²) in [4.78, 5) is 11.3. The molecule has 8 nitrogen and oxygen atoms in total. The minimum Gasteiger partial charge on any atom is -0.396 e. The van der Waals surface area contributed by atoms with Crippen LogP contribution >= 0.6 is 0 Å². The van der Waals surface area contributed by atoms with E-state index >= 15 is 0 Å². The van der Waals surface area contributed by atoms with Crippen LogP contribution in [0.3, 0.4) is 0 Å². The number of aliphatic hydroxyl groups is 2. The number of aliphatic hydroxyl groups excluding tert-OH is 1. The molecule has 0 aliphatic carbocycles. The summed E-state index contributed by atoms with van der Waals surface area (Å²) in [5.74, 6) is 0. The monoisotopic (exact) mass is 288 g/mol. The Bertz CT molecular complexity index is 146. The van der Waals surface area contributed by atoms with Gasteiger partial charge in [0.2, 0.25) is 0 Å². The van der Waals surface area contributed by atoms with Crippen molar-refractivity contribution in [2.45, 2.75) is 45.6 Å². The zero-order chi connectivity index (χ0) is 14.3. The first-order valence-electron chi connectivity index (χ1n) is 5.72. The quantitative estimate of drug-likeness (QED) is 0.301. The fraction of sp³-hybridized carbons (Fsp3) is 1.00. The summed E-state index contributed by atoms with van der Waals surface area (Å²) in [7, 11) is 0. The van der Waals surface area contributed by atoms with Crippen molar-refractivity contribution >= 4 is 0 Å². The average Bonchev–Trinajstić information content (AvgIpc) is 2.36. The molecule has 0 aromatic carbocycles. The number of unbranched alkanes of at least 4 members (excludes halogenated alkanes) is 1. The van der Waals surface area contributed by atoms with Crippen LogP contribution in [0.2, 0.25) is 0 Å². The van der Waals surface area contributed by atoms with Gasteiger partial charge in [-0.2, -0.15) is 0 Å². The van der Waals surface area contributed by atoms with Crippen molar-refractivity contribution in [2.24, 2.45) is 0 Å². The second-order valence-corrected chi connectivity index (χ2v) is 3.74. The average molecular weight is 288 g/mol. The van der Waals surface area contributed by atoms with Crippen LogP contribution in [-0.4, -0.2) is 58.0 Å². The van der Waals surface area contributed by atoms with E-state index in [2.05, 4.69) is 21.6 Å². The fourth-order valence-electron chi connectivity index (χ4n) is 1.02. The summed E-state index contributed by atoms with van der Waals surface area (Å²) in [5, 5.41) is 41.9. The van der Waals surface area contributed by atoms with Crippen LogP contribution in [0.4, 0.5) is 0 Å². The molecule has 0 saturated heterocycles. The highest BCUT2D eigenvalue weighted by Gasteiger charge is 2.27. The Balaban J connectivity index is -0.000000366. The predicted octanol–water partition coefficient (Wildman–Crippen LogP) is 1.38. The Hall–Kier alpha value is -0.320. The van der Waals surface area contributed by atoms with Crippen LogP contribution in [0.15, 0.2) is 0 Å². The van der Waals surface area contributed by atoms with Gasteiger partial charge in [-0.15, -0.1) is 0 Å². The van der Waals surface area contributed by atoms with Gasteiger partial charge in [0, 0.05) is 19.4 Å². The van der Waals surface area contributed by atoms with E-state index in [1.807, 2.05) is 0 Å². The van der Waals surface area contributed by atoms with Crippen LogP contribution < -0.4 is 0 Å². The Labute approximate surface area is 114 Å². The lowest BCUT2D eigenvalue weighted by molar-refractivity contribution is -0.294. The molecule has 0 rings (SSSR count). The number of hydrogen-bond donors (Lipinski definition) is 5. The molecular formula is C11H28O8. The summed E-state index contributed by atoms with van der Waals surface area (Å²) >= 11 is 0. The van der Waals surface area contributed by atoms with Gasteiger partial charge in [0.15, 0.2) is 0 Å². The zero-order valence-corrected chi connectivity index (χ0v) is 10.6. The Kier molecular flexibility index (Phi) is 22.1. The fourth-order valence-corrected chi connectivity index (χ4v) is 1.02. The molecule has 19 heavy (non-hydrogen) atoms. The summed E-state index contributed by atoms with van der Waals surface area (Å²) in [6.07, 6.45) is 2.14. The molecule has 0 saturated carbocycles. The first kappa shape index (κ1) is 23.7. The molecule has 5 N–H and O–H groups in total. The van der Waals surface area contributed by atoms with Crippen LogP contribution in [0.1, 0.15) is 40.0 Å². The van der Waals surface area contributed by atoms with E-state index in [1.54, 1.807) is 0 Å². The number of hydrogen-bond acceptors (Lipinski definition) is 8. The Morgan fingerprint density at radius 3 is 1.63 bits per heavy atom. The van der Waals surface area contributed by atoms with Crippen molar-refractivity contribution in [1.29, 1.82) is 0 Å². The van der Waals surface area contributed by atoms with Crippen LogP contribution in [0.5, 0.6) is 0 Å². The molecule has 0 radical (unpaired) electrons. The van der Waals surface area contributed by atoms with E-state index in [0.29, 0.717) is 6.61 Å². The highest BCUT2D eigenvalue weighted by molar-refractivity contribution is 4.77. The van der Waals surface area contributed by atoms with E-state index in [-0.39, 0.29) is 40.1 Å². The van der Waals surface area contributed by atoms with Gasteiger partial charge >= 0.3 is 0 Å². The molecular weight excluding hydrogens is 260 g/mol. The normalized spacial score (nSPS) is 10.4. The number of rotatable bonds is 10. The van der Waals surface area contributed by atoms with Crippen molar-refractivity contribution in [3.8, 4) is 0 Å². The van der Waals surface area contributed by atoms with Gasteiger partial charge in [-0.1, -0.05) is 20.8 Å². The topological polar surface area (TPSA) is 129 Å². The van der Waals surface area contributed by atoms with Gasteiger partial charge in [0.1, 0.15) is 6.61 Å². The second kappa shape index (κ2) is 17.7. The van der Waals surface area contributed by atoms with Crippen molar-refractivity contribution in [2.75, 3.05) is 26.4 Å². The van der Waals surface area contributed by atoms with Gasteiger partial charge in [-0.3, -0.25) is 15.8 Å². The smallest absolute Gasteiger partial charge is 0.111 e. The predicted molar refractivity (Wildman–Crippen MR) is 68.7 cm³/mol. The Morgan fingerprint density at radius 2 is 1.42 bits per heavy atom. The molecule has 0 bridgehead atoms. The van der Waals surface area contributed by atoms with Gasteiger partial charge in [0.25, 0.3) is 0 Å². The summed E-state index contributed by atoms with van der Waals surface area (Å²) in [6.45, 7) is 1.84. The van der Waals surface area contributed by atoms with E-state index < -0.39 is 5.60 Å². The van der Waals surface area contributed by atoms with E-state index in [0.717, 1.165) is 12.8 Å². The molecule has 8 heteroatoms. The maximum atomic E-state index is 9.61. The standard InChI is InChI=1S/C6H14O7.C4H10O.CH4/c7-6(5-13-10,1-3-11-8)2-4-12-9;1-2-3-4-5;/h7-10H,1-5H2;5H,2-4H2,1H3;1H4. The molecule has 0 aromatic heterocycles. The van der Waals surface area contributed by atoms with Crippen molar-refractivity contribution < 1.29 is 40.6 Å². The molecule has 0 heterocycles. The molecule has 0 aliphatic heterocycles. The molecule has 0 unspecified atom stereocenters. The van der Waals surface area contributed by atoms with Gasteiger partial charge in [-0.05, 0) is 6.42 Å². The van der Waals surface area contributed by atoms with Crippen molar-refractivity contribution in [3.63, 3.8) is 0 Å². The third-order valence-electron chi connectivity index (χ3n) is 2.16. The lowest BCUT2D eigenvalue weighted by atomic mass is 9.98. The molecule has 0 fully saturated rings. The van der Waals surface area contributed by atoms with Crippen LogP contribution in [-0.2, 0) is 14.7 Å². The third-order valence-corrected chi connectivity index (χ3v) is 2.16. The lowest BCUT2D eigenvalue weighted by Crippen LogP contribution is -2.36. The lowest BCUT2D eigenvalue weighted by Gasteiger charge is -2.24. The SMILES string of the molecule is C.CCCCO.OOCCC(O)(CCOO)COO. The maximum absolute atomic E-state index is 9.61. The molecule has 0 atom stereocenters. The summed E-state index contributed by atoms with van der Waals surface area (Å²) in [6, 6.07) is 0. The minimum atomic E-state index is -1.39. The highest BCUT2D eigenvalue weighted by Crippen LogP contribution is 2.15. The zero-order valence-electron chi connectivity index (χ0n) is 10.6. The molecule has 0 aliphatic rings. The van der Waals surface area contributed by atoms with E-state index in [1.165, 1.54) is 0 Å². The van der Waals surface area contributed by atoms with E-state index in [4.69, 9.17) is 20.9 Å². The van der Waals surface area contributed by atoms with Gasteiger partial charge in [-0.25, -0.2) is 14.7 Å². The van der Waals surface area contributed by atoms with Crippen LogP contribution in [0.25, 0.3) is 0 Å². The Morgan fingerprint density at radius 1 is 0.947 bits per heavy atom. The van der Waals surface area contributed by atoms with Crippen molar-refractivity contribution in [1.82, 2.24) is 0 Å². The van der Waals surface area contributed by atoms with Crippen molar-refractivity contribution in [3.05, 3.63) is 0 Å². The molecule has 0 spiro atoms. The van der Waals surface area contributed by atoms with Gasteiger partial charge in [0.05, 0.1) is 18.8 Å². The first-order valence-corrected chi connectivity index (χ1v) is 5.72. The second-order valence-electron chi connectivity index (χ2n) is 3.74. The summed E-state index contributed by atoms with van der Waals surface area (Å²) in [5.41, 5.74) is -1.39.